The zero-order valence-electron chi connectivity index (χ0n) is 8.75. The Morgan fingerprint density at radius 2 is 1.92 bits per heavy atom. The predicted molar refractivity (Wildman–Crippen MR) is 56.9 cm³/mol. The smallest absolute Gasteiger partial charge is 0.0948 e. The second kappa shape index (κ2) is 5.08. The van der Waals surface area contributed by atoms with Gasteiger partial charge >= 0.3 is 0 Å². The van der Waals surface area contributed by atoms with Gasteiger partial charge in [-0.2, -0.15) is 0 Å². The molecule has 1 rings (SSSR count). The van der Waals surface area contributed by atoms with Crippen molar-refractivity contribution in [1.82, 2.24) is 9.62 Å². The van der Waals surface area contributed by atoms with Gasteiger partial charge in [-0.15, -0.1) is 0 Å². The number of nitrogens with zero attached hydrogens (tertiary/aromatic N) is 1. The van der Waals surface area contributed by atoms with Crippen molar-refractivity contribution < 1.29 is 4.21 Å². The monoisotopic (exact) mass is 204 g/mol. The van der Waals surface area contributed by atoms with E-state index >= 15 is 0 Å². The summed E-state index contributed by atoms with van der Waals surface area (Å²) in [7, 11) is -0.773. The van der Waals surface area contributed by atoms with Gasteiger partial charge in [-0.1, -0.05) is 6.92 Å². The van der Waals surface area contributed by atoms with E-state index in [9.17, 15) is 4.21 Å². The van der Waals surface area contributed by atoms with E-state index in [1.807, 2.05) is 0 Å². The third-order valence-corrected chi connectivity index (χ3v) is 4.31. The molecule has 3 atom stereocenters. The van der Waals surface area contributed by atoms with Gasteiger partial charge in [0.2, 0.25) is 0 Å². The summed E-state index contributed by atoms with van der Waals surface area (Å²) in [6.45, 7) is 8.27. The maximum Gasteiger partial charge on any atom is 0.0948 e. The summed E-state index contributed by atoms with van der Waals surface area (Å²) in [6, 6.07) is 0.798. The van der Waals surface area contributed by atoms with E-state index in [1.165, 1.54) is 0 Å². The summed E-state index contributed by atoms with van der Waals surface area (Å²) in [6.07, 6.45) is 0.996. The molecule has 1 heterocycles. The normalized spacial score (nSPS) is 33.2. The Kier molecular flexibility index (Phi) is 4.35. The first-order valence-corrected chi connectivity index (χ1v) is 6.32. The lowest BCUT2D eigenvalue weighted by Crippen LogP contribution is -2.55. The van der Waals surface area contributed by atoms with Crippen molar-refractivity contribution in [2.75, 3.05) is 18.8 Å². The summed E-state index contributed by atoms with van der Waals surface area (Å²) < 4.78 is 14.0. The lowest BCUT2D eigenvalue weighted by atomic mass is 10.2. The molecule has 78 valence electrons. The van der Waals surface area contributed by atoms with E-state index in [0.717, 1.165) is 25.3 Å². The number of piperazine rings is 1. The number of hydrogen-bond donors (Lipinski definition) is 1. The van der Waals surface area contributed by atoms with E-state index in [4.69, 9.17) is 0 Å². The first kappa shape index (κ1) is 11.1. The molecule has 3 nitrogen and oxygen atoms in total. The highest BCUT2D eigenvalue weighted by molar-refractivity contribution is 7.82. The van der Waals surface area contributed by atoms with Crippen LogP contribution in [0.15, 0.2) is 0 Å². The Morgan fingerprint density at radius 1 is 1.38 bits per heavy atom. The molecular formula is C9H20N2OS. The van der Waals surface area contributed by atoms with Crippen molar-refractivity contribution in [2.24, 2.45) is 0 Å². The van der Waals surface area contributed by atoms with Crippen LogP contribution in [-0.4, -0.2) is 39.4 Å². The summed E-state index contributed by atoms with van der Waals surface area (Å²) in [5.41, 5.74) is 0. The second-order valence-corrected chi connectivity index (χ2v) is 5.21. The SMILES string of the molecule is CCCS(=O)N1C(C)CNCC1C. The average Bonchev–Trinajstić information content (AvgIpc) is 2.04. The van der Waals surface area contributed by atoms with Crippen molar-refractivity contribution in [2.45, 2.75) is 39.3 Å². The van der Waals surface area contributed by atoms with Gasteiger partial charge in [0.25, 0.3) is 0 Å². The van der Waals surface area contributed by atoms with Gasteiger partial charge in [0, 0.05) is 30.9 Å². The molecule has 1 saturated heterocycles. The third-order valence-electron chi connectivity index (χ3n) is 2.36. The molecule has 0 saturated carbocycles. The molecule has 0 aliphatic carbocycles. The minimum absolute atomic E-state index is 0.399. The highest BCUT2D eigenvalue weighted by Crippen LogP contribution is 2.13. The molecule has 0 bridgehead atoms. The van der Waals surface area contributed by atoms with Crippen LogP contribution < -0.4 is 5.32 Å². The van der Waals surface area contributed by atoms with Gasteiger partial charge < -0.3 is 5.32 Å². The van der Waals surface area contributed by atoms with Crippen LogP contribution >= 0.6 is 0 Å². The molecule has 0 aromatic carbocycles. The van der Waals surface area contributed by atoms with Crippen molar-refractivity contribution in [3.05, 3.63) is 0 Å². The molecule has 1 N–H and O–H groups in total. The number of nitrogens with one attached hydrogen (secondary N) is 1. The Labute approximate surface area is 83.5 Å². The Bertz CT molecular complexity index is 176. The van der Waals surface area contributed by atoms with Crippen LogP contribution in [0.4, 0.5) is 0 Å². The topological polar surface area (TPSA) is 32.3 Å². The van der Waals surface area contributed by atoms with Gasteiger partial charge in [-0.3, -0.25) is 0 Å². The van der Waals surface area contributed by atoms with Crippen LogP contribution in [0.1, 0.15) is 27.2 Å². The summed E-state index contributed by atoms with van der Waals surface area (Å²) >= 11 is 0. The van der Waals surface area contributed by atoms with Crippen LogP contribution in [0.3, 0.4) is 0 Å². The van der Waals surface area contributed by atoms with Crippen LogP contribution in [0.25, 0.3) is 0 Å². The Morgan fingerprint density at radius 3 is 2.38 bits per heavy atom. The lowest BCUT2D eigenvalue weighted by Gasteiger charge is -2.37. The van der Waals surface area contributed by atoms with E-state index in [0.29, 0.717) is 12.1 Å². The Balaban J connectivity index is 2.57. The lowest BCUT2D eigenvalue weighted by molar-refractivity contribution is 0.230. The van der Waals surface area contributed by atoms with Crippen molar-refractivity contribution in [1.29, 1.82) is 0 Å². The van der Waals surface area contributed by atoms with Crippen molar-refractivity contribution in [3.63, 3.8) is 0 Å². The fourth-order valence-corrected chi connectivity index (χ4v) is 3.31. The molecule has 4 heteroatoms. The predicted octanol–water partition coefficient (Wildman–Crippen LogP) is 0.742. The molecular weight excluding hydrogens is 184 g/mol. The van der Waals surface area contributed by atoms with Gasteiger partial charge in [0.15, 0.2) is 0 Å². The minimum Gasteiger partial charge on any atom is -0.314 e. The first-order chi connectivity index (χ1) is 6.16. The number of hydrogen-bond acceptors (Lipinski definition) is 2. The average molecular weight is 204 g/mol. The van der Waals surface area contributed by atoms with Gasteiger partial charge in [-0.05, 0) is 20.3 Å². The summed E-state index contributed by atoms with van der Waals surface area (Å²) in [5.74, 6) is 0.800. The van der Waals surface area contributed by atoms with E-state index in [2.05, 4.69) is 30.4 Å². The number of rotatable bonds is 3. The van der Waals surface area contributed by atoms with Crippen LogP contribution in [0.5, 0.6) is 0 Å². The first-order valence-electron chi connectivity index (χ1n) is 5.04. The second-order valence-electron chi connectivity index (χ2n) is 3.74. The zero-order valence-corrected chi connectivity index (χ0v) is 9.56. The van der Waals surface area contributed by atoms with E-state index in [1.54, 1.807) is 0 Å². The minimum atomic E-state index is -0.773. The van der Waals surface area contributed by atoms with Crippen LogP contribution in [0.2, 0.25) is 0 Å². The van der Waals surface area contributed by atoms with Crippen LogP contribution in [-0.2, 0) is 11.0 Å². The molecule has 1 fully saturated rings. The highest BCUT2D eigenvalue weighted by Gasteiger charge is 2.28. The van der Waals surface area contributed by atoms with Crippen LogP contribution in [0, 0.1) is 0 Å². The summed E-state index contributed by atoms with van der Waals surface area (Å²) in [4.78, 5) is 0. The fraction of sp³-hybridized carbons (Fsp3) is 1.00. The largest absolute Gasteiger partial charge is 0.314 e. The van der Waals surface area contributed by atoms with Crippen molar-refractivity contribution in [3.8, 4) is 0 Å². The van der Waals surface area contributed by atoms with Gasteiger partial charge in [0.1, 0.15) is 0 Å². The molecule has 1 aliphatic heterocycles. The maximum absolute atomic E-state index is 11.8. The molecule has 0 radical (unpaired) electrons. The molecule has 1 aliphatic rings. The van der Waals surface area contributed by atoms with E-state index < -0.39 is 11.0 Å². The molecule has 0 amide bonds. The molecule has 0 aromatic rings. The standard InChI is InChI=1S/C9H20N2OS/c1-4-5-13(12)11-8(2)6-10-7-9(11)3/h8-10H,4-7H2,1-3H3. The third kappa shape index (κ3) is 2.76. The summed E-state index contributed by atoms with van der Waals surface area (Å²) in [5, 5.41) is 3.34. The van der Waals surface area contributed by atoms with Crippen molar-refractivity contribution >= 4 is 11.0 Å². The molecule has 13 heavy (non-hydrogen) atoms. The molecule has 0 aromatic heterocycles. The highest BCUT2D eigenvalue weighted by atomic mass is 32.2. The maximum atomic E-state index is 11.8. The van der Waals surface area contributed by atoms with Gasteiger partial charge in [0.05, 0.1) is 11.0 Å². The Hall–Kier alpha value is 0.0700. The zero-order chi connectivity index (χ0) is 9.84. The quantitative estimate of drug-likeness (QED) is 0.735. The van der Waals surface area contributed by atoms with Gasteiger partial charge in [-0.25, -0.2) is 8.51 Å². The molecule has 0 spiro atoms. The fourth-order valence-electron chi connectivity index (χ4n) is 1.80. The molecule has 3 unspecified atom stereocenters. The van der Waals surface area contributed by atoms with E-state index in [-0.39, 0.29) is 0 Å².